The topological polar surface area (TPSA) is 20.2 Å². The smallest absolute Gasteiger partial charge is 0.0747 e. The van der Waals surface area contributed by atoms with Crippen LogP contribution in [0.2, 0.25) is 0 Å². The van der Waals surface area contributed by atoms with E-state index in [1.165, 1.54) is 0 Å². The average Bonchev–Trinajstić information content (AvgIpc) is 1.84. The van der Waals surface area contributed by atoms with Crippen LogP contribution in [-0.4, -0.2) is 11.2 Å². The fourth-order valence-corrected chi connectivity index (χ4v) is 0.647. The van der Waals surface area contributed by atoms with Crippen LogP contribution in [0.5, 0.6) is 0 Å². The van der Waals surface area contributed by atoms with Crippen molar-refractivity contribution in [1.29, 1.82) is 0 Å². The van der Waals surface area contributed by atoms with Crippen molar-refractivity contribution < 1.29 is 5.11 Å². The van der Waals surface area contributed by atoms with Crippen LogP contribution in [0.3, 0.4) is 0 Å². The number of hydrogen-bond acceptors (Lipinski definition) is 1. The van der Waals surface area contributed by atoms with E-state index in [2.05, 4.69) is 6.58 Å². The second-order valence-corrected chi connectivity index (χ2v) is 2.65. The highest BCUT2D eigenvalue weighted by atomic mass is 16.3. The zero-order valence-electron chi connectivity index (χ0n) is 6.52. The molecule has 0 bridgehead atoms. The second-order valence-electron chi connectivity index (χ2n) is 2.65. The van der Waals surface area contributed by atoms with E-state index in [1.54, 1.807) is 0 Å². The first kappa shape index (κ1) is 8.70. The Hall–Kier alpha value is -0.300. The van der Waals surface area contributed by atoms with Gasteiger partial charge in [-0.1, -0.05) is 27.4 Å². The van der Waals surface area contributed by atoms with E-state index in [4.69, 9.17) is 0 Å². The molecule has 1 N–H and O–H groups in total. The maximum absolute atomic E-state index is 9.20. The van der Waals surface area contributed by atoms with Gasteiger partial charge in [-0.05, 0) is 17.9 Å². The van der Waals surface area contributed by atoms with Crippen LogP contribution in [0.1, 0.15) is 27.2 Å². The highest BCUT2D eigenvalue weighted by Gasteiger charge is 2.08. The predicted octanol–water partition coefficient (Wildman–Crippen LogP) is 1.97. The van der Waals surface area contributed by atoms with Crippen molar-refractivity contribution in [2.24, 2.45) is 5.92 Å². The van der Waals surface area contributed by atoms with Gasteiger partial charge >= 0.3 is 0 Å². The van der Waals surface area contributed by atoms with E-state index in [9.17, 15) is 5.11 Å². The average molecular weight is 128 g/mol. The highest BCUT2D eigenvalue weighted by molar-refractivity contribution is 5.03. The van der Waals surface area contributed by atoms with Gasteiger partial charge in [0.15, 0.2) is 0 Å². The molecule has 0 heterocycles. The molecule has 0 saturated carbocycles. The largest absolute Gasteiger partial charge is 0.389 e. The molecule has 0 aromatic carbocycles. The third kappa shape index (κ3) is 2.66. The minimum atomic E-state index is -0.301. The summed E-state index contributed by atoms with van der Waals surface area (Å²) in [5.41, 5.74) is 0.942. The molecule has 0 rings (SSSR count). The Morgan fingerprint density at radius 3 is 2.11 bits per heavy atom. The van der Waals surface area contributed by atoms with Gasteiger partial charge in [0.2, 0.25) is 0 Å². The molecular formula is C8H16O. The van der Waals surface area contributed by atoms with Gasteiger partial charge in [0.1, 0.15) is 0 Å². The van der Waals surface area contributed by atoms with Crippen LogP contribution in [0, 0.1) is 5.92 Å². The van der Waals surface area contributed by atoms with Crippen LogP contribution in [-0.2, 0) is 0 Å². The van der Waals surface area contributed by atoms with Gasteiger partial charge in [0.05, 0.1) is 6.10 Å². The summed E-state index contributed by atoms with van der Waals surface area (Å²) in [6, 6.07) is 0. The predicted molar refractivity (Wildman–Crippen MR) is 40.3 cm³/mol. The van der Waals surface area contributed by atoms with Crippen LogP contribution in [0.25, 0.3) is 0 Å². The van der Waals surface area contributed by atoms with Gasteiger partial charge in [0.25, 0.3) is 0 Å². The number of aliphatic hydroxyl groups excluding tert-OH is 1. The van der Waals surface area contributed by atoms with Gasteiger partial charge in [-0.25, -0.2) is 0 Å². The van der Waals surface area contributed by atoms with Gasteiger partial charge in [-0.3, -0.25) is 0 Å². The molecular weight excluding hydrogens is 112 g/mol. The van der Waals surface area contributed by atoms with Crippen molar-refractivity contribution in [2.45, 2.75) is 33.3 Å². The Balaban J connectivity index is 3.73. The van der Waals surface area contributed by atoms with E-state index >= 15 is 0 Å². The van der Waals surface area contributed by atoms with Gasteiger partial charge in [-0.15, -0.1) is 0 Å². The highest BCUT2D eigenvalue weighted by Crippen LogP contribution is 2.13. The van der Waals surface area contributed by atoms with Crippen molar-refractivity contribution in [1.82, 2.24) is 0 Å². The molecule has 0 aliphatic carbocycles. The maximum Gasteiger partial charge on any atom is 0.0747 e. The van der Waals surface area contributed by atoms with Crippen LogP contribution >= 0.6 is 0 Å². The summed E-state index contributed by atoms with van der Waals surface area (Å²) in [4.78, 5) is 0. The van der Waals surface area contributed by atoms with Crippen molar-refractivity contribution in [3.63, 3.8) is 0 Å². The molecule has 1 nitrogen and oxygen atoms in total. The molecule has 0 fully saturated rings. The second kappa shape index (κ2) is 3.67. The van der Waals surface area contributed by atoms with Crippen LogP contribution in [0.15, 0.2) is 12.2 Å². The zero-order valence-corrected chi connectivity index (χ0v) is 6.52. The molecule has 1 heteroatoms. The van der Waals surface area contributed by atoms with E-state index < -0.39 is 0 Å². The lowest BCUT2D eigenvalue weighted by Gasteiger charge is -2.14. The van der Waals surface area contributed by atoms with Crippen molar-refractivity contribution in [3.05, 3.63) is 12.2 Å². The Morgan fingerprint density at radius 2 is 2.00 bits per heavy atom. The molecule has 0 aromatic heterocycles. The molecule has 1 atom stereocenters. The van der Waals surface area contributed by atoms with E-state index in [1.807, 2.05) is 20.8 Å². The fraction of sp³-hybridized carbons (Fsp3) is 0.750. The van der Waals surface area contributed by atoms with Crippen molar-refractivity contribution in [3.8, 4) is 0 Å². The van der Waals surface area contributed by atoms with E-state index in [0.717, 1.165) is 12.0 Å². The molecule has 0 unspecified atom stereocenters. The van der Waals surface area contributed by atoms with Gasteiger partial charge in [-0.2, -0.15) is 0 Å². The Labute approximate surface area is 57.4 Å². The molecule has 0 saturated heterocycles. The molecule has 9 heavy (non-hydrogen) atoms. The van der Waals surface area contributed by atoms with Crippen molar-refractivity contribution >= 4 is 0 Å². The lowest BCUT2D eigenvalue weighted by atomic mass is 9.98. The summed E-state index contributed by atoms with van der Waals surface area (Å²) in [6.45, 7) is 9.82. The summed E-state index contributed by atoms with van der Waals surface area (Å²) in [5.74, 6) is 0.403. The molecule has 0 aromatic rings. The molecule has 0 aliphatic heterocycles. The summed E-state index contributed by atoms with van der Waals surface area (Å²) in [7, 11) is 0. The number of rotatable bonds is 3. The minimum absolute atomic E-state index is 0.301. The standard InChI is InChI=1S/C8H16O/c1-5-8(9)7(4)6(2)3/h6,8-9H,4-5H2,1-3H3/t8-/m1/s1. The minimum Gasteiger partial charge on any atom is -0.389 e. The first-order chi connectivity index (χ1) is 4.09. The summed E-state index contributed by atoms with van der Waals surface area (Å²) >= 11 is 0. The van der Waals surface area contributed by atoms with Crippen LogP contribution < -0.4 is 0 Å². The summed E-state index contributed by atoms with van der Waals surface area (Å²) < 4.78 is 0. The quantitative estimate of drug-likeness (QED) is 0.576. The Kier molecular flexibility index (Phi) is 3.55. The summed E-state index contributed by atoms with van der Waals surface area (Å²) in [5, 5.41) is 9.20. The molecule has 0 radical (unpaired) electrons. The third-order valence-electron chi connectivity index (χ3n) is 1.56. The van der Waals surface area contributed by atoms with Crippen LogP contribution in [0.4, 0.5) is 0 Å². The SMILES string of the molecule is C=C(C(C)C)[C@H](O)CC. The van der Waals surface area contributed by atoms with Crippen molar-refractivity contribution in [2.75, 3.05) is 0 Å². The first-order valence-electron chi connectivity index (χ1n) is 3.46. The third-order valence-corrected chi connectivity index (χ3v) is 1.56. The first-order valence-corrected chi connectivity index (χ1v) is 3.46. The normalized spacial score (nSPS) is 13.9. The van der Waals surface area contributed by atoms with E-state index in [-0.39, 0.29) is 6.10 Å². The molecule has 0 amide bonds. The Morgan fingerprint density at radius 1 is 1.56 bits per heavy atom. The van der Waals surface area contributed by atoms with Gasteiger partial charge < -0.3 is 5.11 Å². The molecule has 0 aliphatic rings. The summed E-state index contributed by atoms with van der Waals surface area (Å²) in [6.07, 6.45) is 0.474. The molecule has 54 valence electrons. The monoisotopic (exact) mass is 128 g/mol. The maximum atomic E-state index is 9.20. The molecule has 0 spiro atoms. The number of aliphatic hydroxyl groups is 1. The Bertz CT molecular complexity index is 94.7. The fourth-order valence-electron chi connectivity index (χ4n) is 0.647. The zero-order chi connectivity index (χ0) is 7.44. The number of hydrogen-bond donors (Lipinski definition) is 1. The van der Waals surface area contributed by atoms with Gasteiger partial charge in [0, 0.05) is 0 Å². The lowest BCUT2D eigenvalue weighted by molar-refractivity contribution is 0.196. The lowest BCUT2D eigenvalue weighted by Crippen LogP contribution is -2.11. The van der Waals surface area contributed by atoms with E-state index in [0.29, 0.717) is 5.92 Å².